The van der Waals surface area contributed by atoms with Crippen molar-refractivity contribution in [1.29, 1.82) is 0 Å². The normalized spacial score (nSPS) is 11.7. The zero-order valence-corrected chi connectivity index (χ0v) is 22.6. The van der Waals surface area contributed by atoms with Crippen molar-refractivity contribution >= 4 is 31.9 Å². The summed E-state index contributed by atoms with van der Waals surface area (Å²) in [4.78, 5) is 0. The molecule has 0 aromatic heterocycles. The van der Waals surface area contributed by atoms with E-state index in [0.29, 0.717) is 13.2 Å². The van der Waals surface area contributed by atoms with Crippen molar-refractivity contribution in [1.82, 2.24) is 0 Å². The van der Waals surface area contributed by atoms with Crippen molar-refractivity contribution < 1.29 is 14.2 Å². The zero-order chi connectivity index (χ0) is 23.4. The third-order valence-electron chi connectivity index (χ3n) is 5.00. The molecule has 0 unspecified atom stereocenters. The van der Waals surface area contributed by atoms with Crippen molar-refractivity contribution in [3.8, 4) is 0 Å². The van der Waals surface area contributed by atoms with Gasteiger partial charge in [0, 0.05) is 10.7 Å². The van der Waals surface area contributed by atoms with Crippen LogP contribution >= 0.6 is 31.9 Å². The van der Waals surface area contributed by atoms with Gasteiger partial charge in [-0.05, 0) is 60.8 Å². The Morgan fingerprint density at radius 3 is 1.24 bits per heavy atom. The highest BCUT2D eigenvalue weighted by molar-refractivity contribution is 9.09. The topological polar surface area (TPSA) is 27.7 Å². The molecule has 3 nitrogen and oxygen atoms in total. The first kappa shape index (κ1) is 28.0. The van der Waals surface area contributed by atoms with Gasteiger partial charge in [0.15, 0.2) is 0 Å². The Balaban J connectivity index is 1.50. The SMILES string of the molecule is BrCC/C=C/CCc1ccc(COCOCOCc2ccc(CC/C=C/CCBr)cc2)cc1. The number of rotatable bonds is 18. The van der Waals surface area contributed by atoms with Gasteiger partial charge in [0.2, 0.25) is 0 Å². The summed E-state index contributed by atoms with van der Waals surface area (Å²) >= 11 is 6.87. The van der Waals surface area contributed by atoms with E-state index in [9.17, 15) is 0 Å². The first-order valence-electron chi connectivity index (χ1n) is 11.6. The minimum atomic E-state index is 0.224. The first-order valence-corrected chi connectivity index (χ1v) is 13.9. The average Bonchev–Trinajstić information content (AvgIpc) is 2.85. The van der Waals surface area contributed by atoms with Crippen LogP contribution in [0.3, 0.4) is 0 Å². The van der Waals surface area contributed by atoms with Crippen LogP contribution in [0.5, 0.6) is 0 Å². The lowest BCUT2D eigenvalue weighted by molar-refractivity contribution is -0.139. The molecule has 0 saturated carbocycles. The van der Waals surface area contributed by atoms with Gasteiger partial charge < -0.3 is 14.2 Å². The van der Waals surface area contributed by atoms with E-state index in [2.05, 4.69) is 105 Å². The largest absolute Gasteiger partial charge is 0.351 e. The summed E-state index contributed by atoms with van der Waals surface area (Å²) in [5.41, 5.74) is 5.00. The van der Waals surface area contributed by atoms with Crippen LogP contribution in [0.15, 0.2) is 72.8 Å². The van der Waals surface area contributed by atoms with Gasteiger partial charge in [-0.3, -0.25) is 0 Å². The van der Waals surface area contributed by atoms with Gasteiger partial charge in [-0.15, -0.1) is 0 Å². The van der Waals surface area contributed by atoms with Crippen molar-refractivity contribution in [3.05, 3.63) is 95.1 Å². The monoisotopic (exact) mass is 578 g/mol. The van der Waals surface area contributed by atoms with Gasteiger partial charge in [-0.25, -0.2) is 0 Å². The number of benzene rings is 2. The summed E-state index contributed by atoms with van der Waals surface area (Å²) < 4.78 is 16.6. The van der Waals surface area contributed by atoms with Gasteiger partial charge in [-0.2, -0.15) is 0 Å². The Hall–Kier alpha value is -1.24. The third kappa shape index (κ3) is 13.9. The van der Waals surface area contributed by atoms with Crippen LogP contribution in [0.4, 0.5) is 0 Å². The second kappa shape index (κ2) is 19.1. The van der Waals surface area contributed by atoms with Crippen molar-refractivity contribution in [2.24, 2.45) is 0 Å². The fourth-order valence-corrected chi connectivity index (χ4v) is 3.70. The zero-order valence-electron chi connectivity index (χ0n) is 19.4. The van der Waals surface area contributed by atoms with E-state index in [4.69, 9.17) is 14.2 Å². The molecule has 0 N–H and O–H groups in total. The van der Waals surface area contributed by atoms with E-state index >= 15 is 0 Å². The number of ether oxygens (including phenoxy) is 3. The molecule has 0 fully saturated rings. The van der Waals surface area contributed by atoms with Gasteiger partial charge in [-0.1, -0.05) is 105 Å². The lowest BCUT2D eigenvalue weighted by Crippen LogP contribution is -2.05. The predicted octanol–water partition coefficient (Wildman–Crippen LogP) is 7.90. The molecule has 0 saturated heterocycles. The molecule has 5 heteroatoms. The Labute approximate surface area is 216 Å². The van der Waals surface area contributed by atoms with Gasteiger partial charge in [0.1, 0.15) is 13.6 Å². The summed E-state index contributed by atoms with van der Waals surface area (Å²) in [6.45, 7) is 1.53. The van der Waals surface area contributed by atoms with E-state index in [0.717, 1.165) is 60.3 Å². The molecular weight excluding hydrogens is 544 g/mol. The molecule has 0 radical (unpaired) electrons. The average molecular weight is 580 g/mol. The smallest absolute Gasteiger partial charge is 0.150 e. The number of aryl methyl sites for hydroxylation is 2. The molecule has 0 bridgehead atoms. The number of alkyl halides is 2. The van der Waals surface area contributed by atoms with Crippen LogP contribution in [-0.4, -0.2) is 24.2 Å². The van der Waals surface area contributed by atoms with E-state index < -0.39 is 0 Å². The maximum Gasteiger partial charge on any atom is 0.150 e. The molecule has 0 amide bonds. The lowest BCUT2D eigenvalue weighted by Gasteiger charge is -2.08. The summed E-state index contributed by atoms with van der Waals surface area (Å²) in [6, 6.07) is 17.2. The molecule has 0 aliphatic carbocycles. The Bertz CT molecular complexity index is 718. The highest BCUT2D eigenvalue weighted by atomic mass is 79.9. The summed E-state index contributed by atoms with van der Waals surface area (Å²) in [6.07, 6.45) is 15.4. The fourth-order valence-electron chi connectivity index (χ4n) is 3.17. The minimum absolute atomic E-state index is 0.224. The minimum Gasteiger partial charge on any atom is -0.351 e. The first-order chi connectivity index (χ1) is 16.3. The summed E-state index contributed by atoms with van der Waals surface area (Å²) in [7, 11) is 0. The maximum atomic E-state index is 5.59. The van der Waals surface area contributed by atoms with Gasteiger partial charge in [0.05, 0.1) is 13.2 Å². The molecule has 180 valence electrons. The third-order valence-corrected chi connectivity index (χ3v) is 5.92. The summed E-state index contributed by atoms with van der Waals surface area (Å²) in [5, 5.41) is 2.05. The molecule has 33 heavy (non-hydrogen) atoms. The maximum absolute atomic E-state index is 5.59. The Morgan fingerprint density at radius 2 is 0.848 bits per heavy atom. The van der Waals surface area contributed by atoms with Gasteiger partial charge in [0.25, 0.3) is 0 Å². The molecule has 0 heterocycles. The molecule has 2 rings (SSSR count). The number of hydrogen-bond donors (Lipinski definition) is 0. The van der Waals surface area contributed by atoms with Crippen molar-refractivity contribution in [2.45, 2.75) is 51.7 Å². The molecule has 0 atom stereocenters. The quantitative estimate of drug-likeness (QED) is 0.0777. The standard InChI is InChI=1S/C28H36Br2O3/c29-19-7-3-1-5-9-25-11-15-27(16-12-25)21-31-23-33-24-32-22-28-17-13-26(14-18-28)10-6-2-4-8-20-30/h1-4,11-18H,5-10,19-24H2/b3-1+,4-2+. The van der Waals surface area contributed by atoms with Crippen LogP contribution in [0.25, 0.3) is 0 Å². The molecular formula is C28H36Br2O3. The second-order valence-corrected chi connectivity index (χ2v) is 9.33. The molecule has 0 spiro atoms. The lowest BCUT2D eigenvalue weighted by atomic mass is 10.1. The van der Waals surface area contributed by atoms with E-state index in [1.807, 2.05) is 0 Å². The Morgan fingerprint density at radius 1 is 0.485 bits per heavy atom. The molecule has 2 aromatic carbocycles. The number of hydrogen-bond acceptors (Lipinski definition) is 3. The van der Waals surface area contributed by atoms with Crippen LogP contribution in [0.1, 0.15) is 47.9 Å². The molecule has 2 aromatic rings. The number of allylic oxidation sites excluding steroid dienone is 4. The van der Waals surface area contributed by atoms with Crippen LogP contribution in [0, 0.1) is 0 Å². The summed E-state index contributed by atoms with van der Waals surface area (Å²) in [5.74, 6) is 0. The highest BCUT2D eigenvalue weighted by Crippen LogP contribution is 2.10. The van der Waals surface area contributed by atoms with Crippen molar-refractivity contribution in [2.75, 3.05) is 24.2 Å². The highest BCUT2D eigenvalue weighted by Gasteiger charge is 1.98. The predicted molar refractivity (Wildman–Crippen MR) is 145 cm³/mol. The Kier molecular flexibility index (Phi) is 16.2. The second-order valence-electron chi connectivity index (χ2n) is 7.75. The van der Waals surface area contributed by atoms with Crippen LogP contribution < -0.4 is 0 Å². The van der Waals surface area contributed by atoms with Gasteiger partial charge >= 0.3 is 0 Å². The van der Waals surface area contributed by atoms with E-state index in [1.165, 1.54) is 11.1 Å². The fraction of sp³-hybridized carbons (Fsp3) is 0.429. The number of halogens is 2. The molecule has 0 aliphatic heterocycles. The van der Waals surface area contributed by atoms with E-state index in [-0.39, 0.29) is 13.6 Å². The van der Waals surface area contributed by atoms with Crippen LogP contribution in [0.2, 0.25) is 0 Å². The van der Waals surface area contributed by atoms with Crippen LogP contribution in [-0.2, 0) is 40.3 Å². The van der Waals surface area contributed by atoms with E-state index in [1.54, 1.807) is 0 Å². The molecule has 0 aliphatic rings. The van der Waals surface area contributed by atoms with Crippen molar-refractivity contribution in [3.63, 3.8) is 0 Å².